The van der Waals surface area contributed by atoms with Crippen LogP contribution >= 0.6 is 11.3 Å². The lowest BCUT2D eigenvalue weighted by molar-refractivity contribution is -0.141. The lowest BCUT2D eigenvalue weighted by atomic mass is 10.1. The molecule has 0 fully saturated rings. The third-order valence-corrected chi connectivity index (χ3v) is 4.43. The number of hydrogen-bond acceptors (Lipinski definition) is 5. The molecular formula is C14H20N2O5S. The average Bonchev–Trinajstić information content (AvgIpc) is 2.72. The zero-order valence-electron chi connectivity index (χ0n) is 13.2. The number of nitrogens with one attached hydrogen (secondary N) is 1. The number of carbonyl (C=O) groups excluding carboxylic acids is 2. The summed E-state index contributed by atoms with van der Waals surface area (Å²) in [6, 6.07) is -0.473. The van der Waals surface area contributed by atoms with E-state index in [1.165, 1.54) is 37.3 Å². The molecule has 2 N–H and O–H groups in total. The summed E-state index contributed by atoms with van der Waals surface area (Å²) in [5, 5.41) is 11.9. The van der Waals surface area contributed by atoms with Crippen LogP contribution in [0.15, 0.2) is 0 Å². The van der Waals surface area contributed by atoms with Crippen LogP contribution in [0.5, 0.6) is 0 Å². The van der Waals surface area contributed by atoms with Gasteiger partial charge < -0.3 is 14.7 Å². The number of urea groups is 1. The minimum Gasteiger partial charge on any atom is -0.481 e. The maximum absolute atomic E-state index is 12.1. The van der Waals surface area contributed by atoms with E-state index in [4.69, 9.17) is 9.84 Å². The molecule has 0 aliphatic rings. The molecular weight excluding hydrogens is 308 g/mol. The summed E-state index contributed by atoms with van der Waals surface area (Å²) in [5.41, 5.74) is 1.09. The second-order valence-corrected chi connectivity index (χ2v) is 6.25. The monoisotopic (exact) mass is 328 g/mol. The molecule has 0 saturated heterocycles. The molecule has 2 amide bonds. The molecule has 1 aromatic heterocycles. The number of esters is 1. The molecule has 8 heteroatoms. The lowest BCUT2D eigenvalue weighted by Crippen LogP contribution is -2.36. The summed E-state index contributed by atoms with van der Waals surface area (Å²) < 4.78 is 4.73. The first-order valence-corrected chi connectivity index (χ1v) is 7.43. The number of carboxylic acid groups (broad SMARTS) is 1. The van der Waals surface area contributed by atoms with Crippen molar-refractivity contribution in [2.45, 2.75) is 20.8 Å². The molecule has 0 saturated carbocycles. The number of carbonyl (C=O) groups is 3. The van der Waals surface area contributed by atoms with E-state index in [0.717, 1.165) is 10.4 Å². The lowest BCUT2D eigenvalue weighted by Gasteiger charge is -2.19. The van der Waals surface area contributed by atoms with Crippen molar-refractivity contribution in [3.8, 4) is 0 Å². The van der Waals surface area contributed by atoms with Gasteiger partial charge in [-0.2, -0.15) is 0 Å². The number of anilines is 1. The fourth-order valence-electron chi connectivity index (χ4n) is 1.83. The van der Waals surface area contributed by atoms with Gasteiger partial charge in [0.25, 0.3) is 0 Å². The highest BCUT2D eigenvalue weighted by atomic mass is 32.1. The largest absolute Gasteiger partial charge is 0.481 e. The van der Waals surface area contributed by atoms with E-state index in [2.05, 4.69) is 5.32 Å². The van der Waals surface area contributed by atoms with Crippen LogP contribution in [-0.2, 0) is 9.53 Å². The second kappa shape index (κ2) is 7.26. The molecule has 0 aromatic carbocycles. The Morgan fingerprint density at radius 3 is 2.45 bits per heavy atom. The fourth-order valence-corrected chi connectivity index (χ4v) is 2.87. The minimum absolute atomic E-state index is 0.0675. The van der Waals surface area contributed by atoms with Crippen molar-refractivity contribution >= 4 is 34.3 Å². The number of aliphatic carboxylic acids is 1. The summed E-state index contributed by atoms with van der Waals surface area (Å²) in [6.07, 6.45) is 0. The van der Waals surface area contributed by atoms with Crippen molar-refractivity contribution in [1.82, 2.24) is 4.90 Å². The van der Waals surface area contributed by atoms with Gasteiger partial charge in [-0.25, -0.2) is 9.59 Å². The molecule has 22 heavy (non-hydrogen) atoms. The Kier molecular flexibility index (Phi) is 5.92. The maximum Gasteiger partial charge on any atom is 0.341 e. The summed E-state index contributed by atoms with van der Waals surface area (Å²) in [4.78, 5) is 37.0. The first-order chi connectivity index (χ1) is 10.2. The quantitative estimate of drug-likeness (QED) is 0.809. The molecule has 0 aliphatic heterocycles. The number of thiophene rings is 1. The number of carboxylic acids is 1. The van der Waals surface area contributed by atoms with Crippen molar-refractivity contribution < 1.29 is 24.2 Å². The Hall–Kier alpha value is -2.09. The van der Waals surface area contributed by atoms with Crippen LogP contribution in [0, 0.1) is 19.8 Å². The number of rotatable bonds is 5. The van der Waals surface area contributed by atoms with Gasteiger partial charge in [0.2, 0.25) is 0 Å². The Morgan fingerprint density at radius 1 is 1.36 bits per heavy atom. The molecule has 1 rings (SSSR count). The molecule has 1 aromatic rings. The normalized spacial score (nSPS) is 11.7. The Bertz CT molecular complexity index is 596. The van der Waals surface area contributed by atoms with E-state index in [9.17, 15) is 14.4 Å². The van der Waals surface area contributed by atoms with Gasteiger partial charge in [0.1, 0.15) is 5.00 Å². The van der Waals surface area contributed by atoms with Crippen LogP contribution in [0.3, 0.4) is 0 Å². The van der Waals surface area contributed by atoms with E-state index in [-0.39, 0.29) is 6.54 Å². The Balaban J connectivity index is 2.91. The van der Waals surface area contributed by atoms with Gasteiger partial charge in [0.15, 0.2) is 0 Å². The van der Waals surface area contributed by atoms with Gasteiger partial charge in [0, 0.05) is 18.5 Å². The predicted molar refractivity (Wildman–Crippen MR) is 83.6 cm³/mol. The summed E-state index contributed by atoms with van der Waals surface area (Å²) >= 11 is 1.28. The molecule has 1 heterocycles. The van der Waals surface area contributed by atoms with E-state index in [1.54, 1.807) is 6.92 Å². The SMILES string of the molecule is COC(=O)c1c(NC(=O)N(C)CC(C)C(=O)O)sc(C)c1C. The van der Waals surface area contributed by atoms with Gasteiger partial charge in [0.05, 0.1) is 18.6 Å². The topological polar surface area (TPSA) is 95.9 Å². The first kappa shape index (κ1) is 18.0. The van der Waals surface area contributed by atoms with Crippen LogP contribution < -0.4 is 5.32 Å². The predicted octanol–water partition coefficient (Wildman–Crippen LogP) is 2.34. The minimum atomic E-state index is -0.974. The van der Waals surface area contributed by atoms with Crippen LogP contribution in [0.2, 0.25) is 0 Å². The van der Waals surface area contributed by atoms with Crippen LogP contribution in [0.4, 0.5) is 9.80 Å². The van der Waals surface area contributed by atoms with Crippen molar-refractivity contribution in [3.05, 3.63) is 16.0 Å². The van der Waals surface area contributed by atoms with Crippen LogP contribution in [-0.4, -0.2) is 48.7 Å². The molecule has 1 atom stereocenters. The van der Waals surface area contributed by atoms with Crippen molar-refractivity contribution in [1.29, 1.82) is 0 Å². The van der Waals surface area contributed by atoms with Gasteiger partial charge in [-0.15, -0.1) is 11.3 Å². The smallest absolute Gasteiger partial charge is 0.341 e. The molecule has 0 aliphatic carbocycles. The fraction of sp³-hybridized carbons (Fsp3) is 0.500. The highest BCUT2D eigenvalue weighted by Gasteiger charge is 2.23. The van der Waals surface area contributed by atoms with Crippen molar-refractivity contribution in [2.24, 2.45) is 5.92 Å². The molecule has 1 unspecified atom stereocenters. The Labute approximate surface area is 132 Å². The highest BCUT2D eigenvalue weighted by molar-refractivity contribution is 7.16. The van der Waals surface area contributed by atoms with E-state index < -0.39 is 23.9 Å². The van der Waals surface area contributed by atoms with Crippen LogP contribution in [0.25, 0.3) is 0 Å². The van der Waals surface area contributed by atoms with Gasteiger partial charge in [-0.3, -0.25) is 10.1 Å². The molecule has 7 nitrogen and oxygen atoms in total. The third kappa shape index (κ3) is 3.97. The Morgan fingerprint density at radius 2 is 1.95 bits per heavy atom. The summed E-state index contributed by atoms with van der Waals surface area (Å²) in [6.45, 7) is 5.21. The number of nitrogens with zero attached hydrogens (tertiary/aromatic N) is 1. The van der Waals surface area contributed by atoms with Gasteiger partial charge in [-0.05, 0) is 19.4 Å². The molecule has 0 spiro atoms. The zero-order chi connectivity index (χ0) is 17.0. The van der Waals surface area contributed by atoms with Crippen LogP contribution in [0.1, 0.15) is 27.7 Å². The zero-order valence-corrected chi connectivity index (χ0v) is 14.0. The maximum atomic E-state index is 12.1. The van der Waals surface area contributed by atoms with Crippen molar-refractivity contribution in [3.63, 3.8) is 0 Å². The first-order valence-electron chi connectivity index (χ1n) is 6.62. The number of methoxy groups -OCH3 is 1. The third-order valence-electron chi connectivity index (χ3n) is 3.31. The second-order valence-electron chi connectivity index (χ2n) is 5.03. The number of amides is 2. The highest BCUT2D eigenvalue weighted by Crippen LogP contribution is 2.33. The number of hydrogen-bond donors (Lipinski definition) is 2. The van der Waals surface area contributed by atoms with E-state index >= 15 is 0 Å². The van der Waals surface area contributed by atoms with E-state index in [0.29, 0.717) is 10.6 Å². The molecule has 0 radical (unpaired) electrons. The number of aryl methyl sites for hydroxylation is 1. The van der Waals surface area contributed by atoms with E-state index in [1.807, 2.05) is 6.92 Å². The summed E-state index contributed by atoms with van der Waals surface area (Å²) in [5.74, 6) is -2.17. The van der Waals surface area contributed by atoms with Crippen molar-refractivity contribution in [2.75, 3.05) is 26.0 Å². The van der Waals surface area contributed by atoms with Gasteiger partial charge >= 0.3 is 18.0 Å². The average molecular weight is 328 g/mol. The standard InChI is InChI=1S/C14H20N2O5S/c1-7(12(17)18)6-16(4)14(20)15-11-10(13(19)21-5)8(2)9(3)22-11/h7H,6H2,1-5H3,(H,15,20)(H,17,18). The summed E-state index contributed by atoms with van der Waals surface area (Å²) in [7, 11) is 2.78. The molecule has 122 valence electrons. The number of ether oxygens (including phenoxy) is 1. The van der Waals surface area contributed by atoms with Gasteiger partial charge in [-0.1, -0.05) is 6.92 Å². The molecule has 0 bridgehead atoms.